The lowest BCUT2D eigenvalue weighted by Gasteiger charge is -2.43. The topological polar surface area (TPSA) is 88.0 Å². The Morgan fingerprint density at radius 2 is 1.75 bits per heavy atom. The van der Waals surface area contributed by atoms with Gasteiger partial charge in [-0.3, -0.25) is 4.79 Å². The van der Waals surface area contributed by atoms with E-state index in [1.54, 1.807) is 20.8 Å². The average Bonchev–Trinajstić information content (AvgIpc) is 3.03. The number of carboxylic acid groups (broad SMARTS) is 1. The largest absolute Gasteiger partial charge is 0.474 e. The fourth-order valence-corrected chi connectivity index (χ4v) is 4.25. The number of aliphatic carboxylic acids is 1. The van der Waals surface area contributed by atoms with Crippen molar-refractivity contribution in [1.29, 1.82) is 0 Å². The van der Waals surface area contributed by atoms with Gasteiger partial charge < -0.3 is 15.2 Å². The molecule has 0 bridgehead atoms. The van der Waals surface area contributed by atoms with Crippen LogP contribution in [0.2, 0.25) is 10.0 Å². The second-order valence-electron chi connectivity index (χ2n) is 8.00. The summed E-state index contributed by atoms with van der Waals surface area (Å²) in [6.45, 7) is 5.36. The van der Waals surface area contributed by atoms with Gasteiger partial charge in [-0.05, 0) is 51.1 Å². The predicted octanol–water partition coefficient (Wildman–Crippen LogP) is 4.94. The summed E-state index contributed by atoms with van der Waals surface area (Å²) in [6.07, 6.45) is 0. The Balaban J connectivity index is 2.24. The molecule has 0 fully saturated rings. The standard InChI is InChI=1S/C22H20Cl2FN3O4/c1-22(2,3)28(14-8-6-13(25)7-9-14)17(20(30)31)18(27-21(28)32-4)26-19(29)15-10-5-12(23)11-16(15)24/h5-11H,1-4H3,(H-,26,29,30,31)/p+1. The first kappa shape index (κ1) is 23.7. The number of quaternary nitrogens is 1. The Morgan fingerprint density at radius 3 is 2.25 bits per heavy atom. The molecule has 2 aromatic rings. The average molecular weight is 481 g/mol. The monoisotopic (exact) mass is 480 g/mol. The molecule has 32 heavy (non-hydrogen) atoms. The Kier molecular flexibility index (Phi) is 6.33. The van der Waals surface area contributed by atoms with Crippen molar-refractivity contribution in [3.8, 4) is 0 Å². The van der Waals surface area contributed by atoms with E-state index in [1.807, 2.05) is 0 Å². The van der Waals surface area contributed by atoms with E-state index in [0.717, 1.165) is 0 Å². The second kappa shape index (κ2) is 8.54. The number of nitrogens with one attached hydrogen (secondary N) is 1. The summed E-state index contributed by atoms with van der Waals surface area (Å²) in [7, 11) is 1.35. The summed E-state index contributed by atoms with van der Waals surface area (Å²) < 4.78 is 18.7. The van der Waals surface area contributed by atoms with Crippen LogP contribution in [0, 0.1) is 5.82 Å². The third-order valence-electron chi connectivity index (χ3n) is 5.07. The molecule has 3 rings (SSSR count). The highest BCUT2D eigenvalue weighted by molar-refractivity contribution is 6.36. The maximum absolute atomic E-state index is 13.7. The van der Waals surface area contributed by atoms with Gasteiger partial charge in [0.2, 0.25) is 5.82 Å². The molecule has 0 aromatic heterocycles. The van der Waals surface area contributed by atoms with Gasteiger partial charge in [0.05, 0.1) is 17.7 Å². The molecule has 1 amide bonds. The number of amidine groups is 1. The van der Waals surface area contributed by atoms with Crippen molar-refractivity contribution >= 4 is 46.8 Å². The molecule has 1 aliphatic heterocycles. The fraction of sp³-hybridized carbons (Fsp3) is 0.227. The number of benzene rings is 2. The maximum atomic E-state index is 13.7. The number of amides is 1. The molecule has 1 atom stereocenters. The number of halogens is 3. The molecule has 1 unspecified atom stereocenters. The molecule has 1 heterocycles. The molecule has 168 valence electrons. The number of hydrogen-bond donors (Lipinski definition) is 2. The smallest absolute Gasteiger partial charge is 0.412 e. The summed E-state index contributed by atoms with van der Waals surface area (Å²) >= 11 is 12.0. The van der Waals surface area contributed by atoms with Gasteiger partial charge in [0.25, 0.3) is 11.6 Å². The molecule has 0 saturated carbocycles. The quantitative estimate of drug-likeness (QED) is 0.606. The minimum Gasteiger partial charge on any atom is -0.474 e. The molecule has 0 spiro atoms. The lowest BCUT2D eigenvalue weighted by Crippen LogP contribution is -2.65. The highest BCUT2D eigenvalue weighted by atomic mass is 35.5. The molecule has 0 aliphatic carbocycles. The number of carbonyl (C=O) groups is 2. The van der Waals surface area contributed by atoms with Crippen molar-refractivity contribution in [3.63, 3.8) is 0 Å². The van der Waals surface area contributed by atoms with Crippen molar-refractivity contribution in [3.05, 3.63) is 75.4 Å². The van der Waals surface area contributed by atoms with Gasteiger partial charge in [0, 0.05) is 17.2 Å². The molecule has 0 saturated heterocycles. The van der Waals surface area contributed by atoms with Crippen LogP contribution in [0.3, 0.4) is 0 Å². The number of hydrogen-bond acceptors (Lipinski definition) is 4. The van der Waals surface area contributed by atoms with E-state index in [-0.39, 0.29) is 28.1 Å². The lowest BCUT2D eigenvalue weighted by molar-refractivity contribution is -0.134. The number of carbonyl (C=O) groups excluding carboxylic acids is 1. The van der Waals surface area contributed by atoms with Gasteiger partial charge in [0.15, 0.2) is 0 Å². The molecule has 7 nitrogen and oxygen atoms in total. The first-order chi connectivity index (χ1) is 14.9. The van der Waals surface area contributed by atoms with E-state index in [9.17, 15) is 19.1 Å². The van der Waals surface area contributed by atoms with E-state index >= 15 is 0 Å². The molecule has 10 heteroatoms. The number of nitrogens with zero attached hydrogens (tertiary/aromatic N) is 2. The Labute approximate surface area is 194 Å². The Bertz CT molecular complexity index is 1160. The van der Waals surface area contributed by atoms with Crippen LogP contribution in [-0.4, -0.2) is 35.7 Å². The van der Waals surface area contributed by atoms with E-state index < -0.39 is 27.7 Å². The van der Waals surface area contributed by atoms with Crippen molar-refractivity contribution in [1.82, 2.24) is 9.80 Å². The van der Waals surface area contributed by atoms with Crippen molar-refractivity contribution < 1.29 is 23.8 Å². The highest BCUT2D eigenvalue weighted by Gasteiger charge is 2.60. The van der Waals surface area contributed by atoms with Crippen LogP contribution < -0.4 is 9.80 Å². The van der Waals surface area contributed by atoms with Crippen LogP contribution in [0.1, 0.15) is 31.1 Å². The first-order valence-corrected chi connectivity index (χ1v) is 10.2. The zero-order valence-electron chi connectivity index (χ0n) is 17.7. The molecular weight excluding hydrogens is 460 g/mol. The van der Waals surface area contributed by atoms with Crippen LogP contribution in [0.15, 0.2) is 59.0 Å². The van der Waals surface area contributed by atoms with E-state index in [1.165, 1.54) is 49.6 Å². The Morgan fingerprint density at radius 1 is 1.12 bits per heavy atom. The van der Waals surface area contributed by atoms with Gasteiger partial charge in [-0.2, -0.15) is 4.48 Å². The SMILES string of the molecule is COC1=NC(NC(=O)c2ccc(Cl)cc2Cl)=C(C(=O)O)[N+]1(c1ccc(F)cc1)C(C)(C)C. The van der Waals surface area contributed by atoms with E-state index in [4.69, 9.17) is 27.9 Å². The van der Waals surface area contributed by atoms with Crippen LogP contribution in [0.25, 0.3) is 0 Å². The van der Waals surface area contributed by atoms with Crippen LogP contribution in [-0.2, 0) is 9.53 Å². The maximum Gasteiger partial charge on any atom is 0.412 e. The fourth-order valence-electron chi connectivity index (χ4n) is 3.75. The summed E-state index contributed by atoms with van der Waals surface area (Å²) in [5.74, 6) is -2.71. The van der Waals surface area contributed by atoms with Gasteiger partial charge in [-0.15, -0.1) is 4.99 Å². The summed E-state index contributed by atoms with van der Waals surface area (Å²) in [4.78, 5) is 29.8. The van der Waals surface area contributed by atoms with Gasteiger partial charge >= 0.3 is 12.0 Å². The minimum atomic E-state index is -1.34. The molecule has 2 N–H and O–H groups in total. The van der Waals surface area contributed by atoms with E-state index in [0.29, 0.717) is 10.7 Å². The number of carboxylic acids is 1. The van der Waals surface area contributed by atoms with Gasteiger partial charge in [-0.1, -0.05) is 23.2 Å². The van der Waals surface area contributed by atoms with Gasteiger partial charge in [-0.25, -0.2) is 9.18 Å². The normalized spacial score (nSPS) is 18.4. The van der Waals surface area contributed by atoms with Crippen molar-refractivity contribution in [2.24, 2.45) is 4.99 Å². The number of aliphatic imine (C=N–C) groups is 1. The third kappa shape index (κ3) is 3.85. The van der Waals surface area contributed by atoms with Gasteiger partial charge in [0.1, 0.15) is 17.0 Å². The van der Waals surface area contributed by atoms with E-state index in [2.05, 4.69) is 10.3 Å². The predicted molar refractivity (Wildman–Crippen MR) is 121 cm³/mol. The minimum absolute atomic E-state index is 0.000916. The summed E-state index contributed by atoms with van der Waals surface area (Å²) in [5.41, 5.74) is -0.639. The number of ether oxygens (including phenoxy) is 1. The molecule has 2 aromatic carbocycles. The zero-order chi connectivity index (χ0) is 23.8. The number of rotatable bonds is 4. The molecular formula is C22H21Cl2FN3O4+. The summed E-state index contributed by atoms with van der Waals surface area (Å²) in [5, 5.41) is 13.2. The van der Waals surface area contributed by atoms with Crippen LogP contribution in [0.5, 0.6) is 0 Å². The van der Waals surface area contributed by atoms with Crippen LogP contribution in [0.4, 0.5) is 10.1 Å². The Hall–Kier alpha value is -2.94. The van der Waals surface area contributed by atoms with Crippen LogP contribution >= 0.6 is 23.2 Å². The first-order valence-electron chi connectivity index (χ1n) is 9.46. The van der Waals surface area contributed by atoms with Crippen molar-refractivity contribution in [2.45, 2.75) is 26.3 Å². The second-order valence-corrected chi connectivity index (χ2v) is 8.84. The highest BCUT2D eigenvalue weighted by Crippen LogP contribution is 2.44. The molecule has 0 radical (unpaired) electrons. The number of methoxy groups -OCH3 is 1. The third-order valence-corrected chi connectivity index (χ3v) is 5.61. The van der Waals surface area contributed by atoms with Crippen molar-refractivity contribution in [2.75, 3.05) is 7.11 Å². The lowest BCUT2D eigenvalue weighted by atomic mass is 9.98. The zero-order valence-corrected chi connectivity index (χ0v) is 19.3. The molecule has 1 aliphatic rings. The summed E-state index contributed by atoms with van der Waals surface area (Å²) in [6, 6.07) is 9.66.